The summed E-state index contributed by atoms with van der Waals surface area (Å²) in [6, 6.07) is 8.98. The lowest BCUT2D eigenvalue weighted by Crippen LogP contribution is -2.22. The molecule has 2 heterocycles. The van der Waals surface area contributed by atoms with E-state index in [9.17, 15) is 0 Å². The van der Waals surface area contributed by atoms with Crippen molar-refractivity contribution in [2.24, 2.45) is 0 Å². The molecule has 1 aromatic heterocycles. The lowest BCUT2D eigenvalue weighted by atomic mass is 9.99. The lowest BCUT2D eigenvalue weighted by molar-refractivity contribution is 0.409. The van der Waals surface area contributed by atoms with E-state index in [1.807, 2.05) is 6.20 Å². The number of benzene rings is 1. The second-order valence-corrected chi connectivity index (χ2v) is 5.17. The molecule has 0 saturated carbocycles. The first-order valence-electron chi connectivity index (χ1n) is 7.32. The molecule has 0 amide bonds. The Morgan fingerprint density at radius 1 is 1.40 bits per heavy atom. The van der Waals surface area contributed by atoms with Crippen molar-refractivity contribution in [2.75, 3.05) is 6.54 Å². The van der Waals surface area contributed by atoms with Crippen LogP contribution in [0.3, 0.4) is 0 Å². The average Bonchev–Trinajstić information content (AvgIpc) is 2.85. The number of oxazole rings is 1. The van der Waals surface area contributed by atoms with E-state index in [1.54, 1.807) is 0 Å². The second kappa shape index (κ2) is 6.20. The van der Waals surface area contributed by atoms with E-state index >= 15 is 0 Å². The Morgan fingerprint density at radius 3 is 3.15 bits per heavy atom. The standard InChI is InChI=1S/C16H21N3O/c1-2-13-10-19-16(20-13)11-18-15-7-8-17-9-12-5-3-4-6-14(12)15/h3-6,10,15,17-18H,2,7-9,11H2,1H3. The highest BCUT2D eigenvalue weighted by atomic mass is 16.4. The average molecular weight is 271 g/mol. The van der Waals surface area contributed by atoms with Gasteiger partial charge in [0.05, 0.1) is 12.7 Å². The molecule has 0 saturated heterocycles. The SMILES string of the molecule is CCc1cnc(CNC2CCNCc3ccccc32)o1. The number of nitrogens with one attached hydrogen (secondary N) is 2. The van der Waals surface area contributed by atoms with Crippen LogP contribution in [0.25, 0.3) is 0 Å². The second-order valence-electron chi connectivity index (χ2n) is 5.17. The highest BCUT2D eigenvalue weighted by Crippen LogP contribution is 2.23. The van der Waals surface area contributed by atoms with Crippen molar-refractivity contribution in [3.05, 3.63) is 53.2 Å². The summed E-state index contributed by atoms with van der Waals surface area (Å²) in [6.07, 6.45) is 3.79. The molecule has 4 heteroatoms. The topological polar surface area (TPSA) is 50.1 Å². The molecule has 1 unspecified atom stereocenters. The molecule has 1 aliphatic rings. The van der Waals surface area contributed by atoms with E-state index in [2.05, 4.69) is 46.8 Å². The summed E-state index contributed by atoms with van der Waals surface area (Å²) in [5.41, 5.74) is 2.77. The Hall–Kier alpha value is -1.65. The highest BCUT2D eigenvalue weighted by molar-refractivity contribution is 5.31. The highest BCUT2D eigenvalue weighted by Gasteiger charge is 2.18. The van der Waals surface area contributed by atoms with Gasteiger partial charge in [-0.05, 0) is 24.1 Å². The van der Waals surface area contributed by atoms with Crippen LogP contribution in [0.5, 0.6) is 0 Å². The van der Waals surface area contributed by atoms with Gasteiger partial charge in [0.1, 0.15) is 5.76 Å². The van der Waals surface area contributed by atoms with Crippen molar-refractivity contribution in [3.63, 3.8) is 0 Å². The summed E-state index contributed by atoms with van der Waals surface area (Å²) in [6.45, 7) is 4.73. The number of hydrogen-bond donors (Lipinski definition) is 2. The van der Waals surface area contributed by atoms with Crippen LogP contribution in [0, 0.1) is 0 Å². The fourth-order valence-electron chi connectivity index (χ4n) is 2.68. The Balaban J connectivity index is 1.70. The van der Waals surface area contributed by atoms with Crippen molar-refractivity contribution in [1.29, 1.82) is 0 Å². The first-order valence-corrected chi connectivity index (χ1v) is 7.32. The Kier molecular flexibility index (Phi) is 4.14. The molecule has 0 radical (unpaired) electrons. The fourth-order valence-corrected chi connectivity index (χ4v) is 2.68. The molecule has 0 bridgehead atoms. The van der Waals surface area contributed by atoms with Crippen LogP contribution in [0.1, 0.15) is 42.2 Å². The zero-order valence-corrected chi connectivity index (χ0v) is 11.9. The number of aromatic nitrogens is 1. The number of fused-ring (bicyclic) bond motifs is 1. The minimum Gasteiger partial charge on any atom is -0.444 e. The molecule has 20 heavy (non-hydrogen) atoms. The zero-order valence-electron chi connectivity index (χ0n) is 11.9. The molecule has 0 spiro atoms. The van der Waals surface area contributed by atoms with Gasteiger partial charge >= 0.3 is 0 Å². The first-order chi connectivity index (χ1) is 9.86. The Morgan fingerprint density at radius 2 is 2.30 bits per heavy atom. The van der Waals surface area contributed by atoms with Crippen LogP contribution < -0.4 is 10.6 Å². The quantitative estimate of drug-likeness (QED) is 0.897. The molecular weight excluding hydrogens is 250 g/mol. The third kappa shape index (κ3) is 2.92. The van der Waals surface area contributed by atoms with Gasteiger partial charge in [0.15, 0.2) is 0 Å². The van der Waals surface area contributed by atoms with Gasteiger partial charge in [0.2, 0.25) is 5.89 Å². The molecular formula is C16H21N3O. The maximum absolute atomic E-state index is 5.65. The normalized spacial score (nSPS) is 18.6. The molecule has 0 aliphatic carbocycles. The van der Waals surface area contributed by atoms with Gasteiger partial charge in [0.25, 0.3) is 0 Å². The summed E-state index contributed by atoms with van der Waals surface area (Å²) < 4.78 is 5.65. The summed E-state index contributed by atoms with van der Waals surface area (Å²) >= 11 is 0. The third-order valence-electron chi connectivity index (χ3n) is 3.81. The molecule has 1 aliphatic heterocycles. The predicted molar refractivity (Wildman–Crippen MR) is 78.2 cm³/mol. The van der Waals surface area contributed by atoms with E-state index in [0.29, 0.717) is 12.6 Å². The summed E-state index contributed by atoms with van der Waals surface area (Å²) in [7, 11) is 0. The molecule has 4 nitrogen and oxygen atoms in total. The smallest absolute Gasteiger partial charge is 0.208 e. The van der Waals surface area contributed by atoms with E-state index < -0.39 is 0 Å². The minimum atomic E-state index is 0.359. The number of nitrogens with zero attached hydrogens (tertiary/aromatic N) is 1. The van der Waals surface area contributed by atoms with Gasteiger partial charge in [-0.25, -0.2) is 4.98 Å². The van der Waals surface area contributed by atoms with Gasteiger partial charge < -0.3 is 15.1 Å². The van der Waals surface area contributed by atoms with E-state index in [-0.39, 0.29) is 0 Å². The molecule has 2 N–H and O–H groups in total. The van der Waals surface area contributed by atoms with Crippen LogP contribution >= 0.6 is 0 Å². The van der Waals surface area contributed by atoms with Crippen LogP contribution in [0.15, 0.2) is 34.9 Å². The maximum atomic E-state index is 5.65. The van der Waals surface area contributed by atoms with Crippen molar-refractivity contribution < 1.29 is 4.42 Å². The first kappa shape index (κ1) is 13.3. The van der Waals surface area contributed by atoms with Crippen molar-refractivity contribution in [2.45, 2.75) is 38.9 Å². The van der Waals surface area contributed by atoms with Gasteiger partial charge in [-0.1, -0.05) is 31.2 Å². The fraction of sp³-hybridized carbons (Fsp3) is 0.438. The van der Waals surface area contributed by atoms with Gasteiger partial charge in [-0.2, -0.15) is 0 Å². The number of rotatable bonds is 4. The predicted octanol–water partition coefficient (Wildman–Crippen LogP) is 2.56. The van der Waals surface area contributed by atoms with Crippen LogP contribution in [0.2, 0.25) is 0 Å². The number of hydrogen-bond acceptors (Lipinski definition) is 4. The third-order valence-corrected chi connectivity index (χ3v) is 3.81. The van der Waals surface area contributed by atoms with Crippen LogP contribution in [-0.2, 0) is 19.5 Å². The molecule has 0 fully saturated rings. The van der Waals surface area contributed by atoms with Gasteiger partial charge in [0, 0.05) is 19.0 Å². The van der Waals surface area contributed by atoms with Crippen molar-refractivity contribution in [3.8, 4) is 0 Å². The largest absolute Gasteiger partial charge is 0.444 e. The minimum absolute atomic E-state index is 0.359. The molecule has 2 aromatic rings. The van der Waals surface area contributed by atoms with E-state index in [4.69, 9.17) is 4.42 Å². The summed E-state index contributed by atoms with van der Waals surface area (Å²) in [4.78, 5) is 4.31. The monoisotopic (exact) mass is 271 g/mol. The molecule has 106 valence electrons. The van der Waals surface area contributed by atoms with Crippen molar-refractivity contribution in [1.82, 2.24) is 15.6 Å². The van der Waals surface area contributed by atoms with Gasteiger partial charge in [-0.15, -0.1) is 0 Å². The van der Waals surface area contributed by atoms with Crippen LogP contribution in [-0.4, -0.2) is 11.5 Å². The van der Waals surface area contributed by atoms with Gasteiger partial charge in [-0.3, -0.25) is 0 Å². The van der Waals surface area contributed by atoms with Crippen LogP contribution in [0.4, 0.5) is 0 Å². The van der Waals surface area contributed by atoms with Crippen molar-refractivity contribution >= 4 is 0 Å². The maximum Gasteiger partial charge on any atom is 0.208 e. The number of aryl methyl sites for hydroxylation is 1. The molecule has 1 atom stereocenters. The molecule has 3 rings (SSSR count). The lowest BCUT2D eigenvalue weighted by Gasteiger charge is -2.18. The van der Waals surface area contributed by atoms with E-state index in [0.717, 1.165) is 37.6 Å². The summed E-state index contributed by atoms with van der Waals surface area (Å²) in [5.74, 6) is 1.72. The zero-order chi connectivity index (χ0) is 13.8. The Bertz CT molecular complexity index is 564. The molecule has 1 aromatic carbocycles. The van der Waals surface area contributed by atoms with E-state index in [1.165, 1.54) is 11.1 Å². The summed E-state index contributed by atoms with van der Waals surface area (Å²) in [5, 5.41) is 7.04. The Labute approximate surface area is 119 Å².